The van der Waals surface area contributed by atoms with E-state index in [1.54, 1.807) is 0 Å². The number of rotatable bonds is 0. The Hall–Kier alpha value is -1.11. The Bertz CT molecular complexity index is 323. The zero-order chi connectivity index (χ0) is 8.06. The van der Waals surface area contributed by atoms with Crippen LogP contribution in [0.5, 0.6) is 0 Å². The number of carbonyl (C=O) groups is 1. The van der Waals surface area contributed by atoms with E-state index in [4.69, 9.17) is 0 Å². The molecule has 1 aromatic rings. The summed E-state index contributed by atoms with van der Waals surface area (Å²) in [6.45, 7) is 3.94. The molecule has 1 nitrogen and oxygen atoms in total. The first-order valence-electron chi connectivity index (χ1n) is 3.78. The molecule has 1 aliphatic rings. The van der Waals surface area contributed by atoms with Crippen LogP contribution in [0.25, 0.3) is 0 Å². The van der Waals surface area contributed by atoms with Gasteiger partial charge < -0.3 is 0 Å². The van der Waals surface area contributed by atoms with Crippen LogP contribution >= 0.6 is 0 Å². The summed E-state index contributed by atoms with van der Waals surface area (Å²) in [4.78, 5) is 11.4. The number of hydrogen-bond donors (Lipinski definition) is 0. The molecule has 0 heterocycles. The Morgan fingerprint density at radius 2 is 1.82 bits per heavy atom. The fourth-order valence-electron chi connectivity index (χ4n) is 1.62. The lowest BCUT2D eigenvalue weighted by molar-refractivity contribution is 0.0865. The fraction of sp³-hybridized carbons (Fsp3) is 0.300. The van der Waals surface area contributed by atoms with E-state index in [9.17, 15) is 4.79 Å². The van der Waals surface area contributed by atoms with Gasteiger partial charge in [-0.25, -0.2) is 0 Å². The minimum atomic E-state index is -0.226. The van der Waals surface area contributed by atoms with Gasteiger partial charge in [-0.2, -0.15) is 0 Å². The molecule has 0 saturated carbocycles. The fourth-order valence-corrected chi connectivity index (χ4v) is 1.62. The van der Waals surface area contributed by atoms with Crippen LogP contribution in [0.3, 0.4) is 0 Å². The van der Waals surface area contributed by atoms with Crippen molar-refractivity contribution in [3.8, 4) is 0 Å². The van der Waals surface area contributed by atoms with E-state index in [-0.39, 0.29) is 11.2 Å². The normalized spacial score (nSPS) is 18.9. The van der Waals surface area contributed by atoms with Crippen LogP contribution in [-0.4, -0.2) is 5.78 Å². The highest BCUT2D eigenvalue weighted by molar-refractivity contribution is 6.13. The maximum Gasteiger partial charge on any atom is 0.173 e. The van der Waals surface area contributed by atoms with Crippen LogP contribution in [0.2, 0.25) is 0 Å². The number of Topliss-reactive ketones (excluding diaryl/α,β-unsaturated/α-hetero) is 1. The first-order valence-corrected chi connectivity index (χ1v) is 3.78. The largest absolute Gasteiger partial charge is 0.293 e. The number of carbonyl (C=O) groups excluding carboxylic acids is 1. The first-order chi connectivity index (χ1) is 5.14. The highest BCUT2D eigenvalue weighted by atomic mass is 16.1. The van der Waals surface area contributed by atoms with E-state index in [0.29, 0.717) is 0 Å². The van der Waals surface area contributed by atoms with Crippen molar-refractivity contribution in [3.63, 3.8) is 0 Å². The first kappa shape index (κ1) is 6.59. The summed E-state index contributed by atoms with van der Waals surface area (Å²) >= 11 is 0. The second kappa shape index (κ2) is 1.73. The van der Waals surface area contributed by atoms with Crippen molar-refractivity contribution >= 4 is 5.78 Å². The Labute approximate surface area is 66.0 Å². The molecule has 0 aromatic heterocycles. The quantitative estimate of drug-likeness (QED) is 0.548. The average molecular weight is 146 g/mol. The van der Waals surface area contributed by atoms with Crippen LogP contribution in [0.4, 0.5) is 0 Å². The molecule has 0 aliphatic heterocycles. The van der Waals surface area contributed by atoms with Crippen molar-refractivity contribution in [2.75, 3.05) is 0 Å². The highest BCUT2D eigenvalue weighted by Crippen LogP contribution is 2.39. The van der Waals surface area contributed by atoms with Gasteiger partial charge in [-0.1, -0.05) is 24.3 Å². The minimum absolute atomic E-state index is 0.226. The third-order valence-corrected chi connectivity index (χ3v) is 2.41. The second-order valence-corrected chi connectivity index (χ2v) is 3.50. The maximum absolute atomic E-state index is 11.4. The molecule has 1 aliphatic carbocycles. The maximum atomic E-state index is 11.4. The molecule has 0 radical (unpaired) electrons. The molecule has 0 N–H and O–H groups in total. The number of benzene rings is 1. The monoisotopic (exact) mass is 146 g/mol. The molecule has 56 valence electrons. The third kappa shape index (κ3) is 0.630. The van der Waals surface area contributed by atoms with Gasteiger partial charge in [0.2, 0.25) is 0 Å². The summed E-state index contributed by atoms with van der Waals surface area (Å²) in [6.07, 6.45) is 0. The van der Waals surface area contributed by atoms with Crippen molar-refractivity contribution < 1.29 is 4.79 Å². The predicted molar refractivity (Wildman–Crippen MR) is 43.8 cm³/mol. The lowest BCUT2D eigenvalue weighted by Gasteiger charge is -2.35. The molecule has 1 aromatic carbocycles. The molecule has 0 fully saturated rings. The summed E-state index contributed by atoms with van der Waals surface area (Å²) in [5, 5.41) is 0. The van der Waals surface area contributed by atoms with Gasteiger partial charge in [0.1, 0.15) is 0 Å². The lowest BCUT2D eigenvalue weighted by atomic mass is 9.65. The molecule has 11 heavy (non-hydrogen) atoms. The van der Waals surface area contributed by atoms with Gasteiger partial charge in [-0.3, -0.25) is 4.79 Å². The zero-order valence-electron chi connectivity index (χ0n) is 6.72. The Kier molecular flexibility index (Phi) is 1.04. The molecule has 0 bridgehead atoms. The van der Waals surface area contributed by atoms with Crippen molar-refractivity contribution in [3.05, 3.63) is 35.4 Å². The van der Waals surface area contributed by atoms with Crippen LogP contribution in [-0.2, 0) is 5.41 Å². The highest BCUT2D eigenvalue weighted by Gasteiger charge is 2.42. The van der Waals surface area contributed by atoms with Gasteiger partial charge in [0.05, 0.1) is 5.41 Å². The van der Waals surface area contributed by atoms with Crippen LogP contribution in [0.1, 0.15) is 29.8 Å². The second-order valence-electron chi connectivity index (χ2n) is 3.50. The van der Waals surface area contributed by atoms with Crippen molar-refractivity contribution in [2.45, 2.75) is 19.3 Å². The van der Waals surface area contributed by atoms with E-state index in [1.807, 2.05) is 38.1 Å². The topological polar surface area (TPSA) is 17.1 Å². The molecular weight excluding hydrogens is 136 g/mol. The minimum Gasteiger partial charge on any atom is -0.293 e. The van der Waals surface area contributed by atoms with Crippen molar-refractivity contribution in [1.82, 2.24) is 0 Å². The molecule has 0 amide bonds. The van der Waals surface area contributed by atoms with E-state index in [2.05, 4.69) is 0 Å². The van der Waals surface area contributed by atoms with Gasteiger partial charge in [0, 0.05) is 5.56 Å². The van der Waals surface area contributed by atoms with E-state index >= 15 is 0 Å². The van der Waals surface area contributed by atoms with Gasteiger partial charge >= 0.3 is 0 Å². The van der Waals surface area contributed by atoms with Crippen molar-refractivity contribution in [2.24, 2.45) is 0 Å². The van der Waals surface area contributed by atoms with Gasteiger partial charge in [0.15, 0.2) is 5.78 Å². The Morgan fingerprint density at radius 3 is 2.45 bits per heavy atom. The number of fused-ring (bicyclic) bond motifs is 1. The lowest BCUT2D eigenvalue weighted by Crippen LogP contribution is -2.40. The molecule has 1 heteroatoms. The summed E-state index contributed by atoms with van der Waals surface area (Å²) in [5.74, 6) is 0.271. The summed E-state index contributed by atoms with van der Waals surface area (Å²) in [5.41, 5.74) is 1.86. The van der Waals surface area contributed by atoms with Crippen LogP contribution in [0.15, 0.2) is 24.3 Å². The van der Waals surface area contributed by atoms with Gasteiger partial charge in [-0.15, -0.1) is 0 Å². The Morgan fingerprint density at radius 1 is 1.18 bits per heavy atom. The van der Waals surface area contributed by atoms with E-state index < -0.39 is 0 Å². The number of ketones is 1. The van der Waals surface area contributed by atoms with Crippen LogP contribution in [0, 0.1) is 0 Å². The summed E-state index contributed by atoms with van der Waals surface area (Å²) in [7, 11) is 0. The number of hydrogen-bond acceptors (Lipinski definition) is 1. The van der Waals surface area contributed by atoms with Gasteiger partial charge in [-0.05, 0) is 19.4 Å². The predicted octanol–water partition coefficient (Wildman–Crippen LogP) is 2.16. The van der Waals surface area contributed by atoms with Crippen molar-refractivity contribution in [1.29, 1.82) is 0 Å². The average Bonchev–Trinajstić information content (AvgIpc) is 2.04. The summed E-state index contributed by atoms with van der Waals surface area (Å²) < 4.78 is 0. The molecule has 2 rings (SSSR count). The molecule has 0 spiro atoms. The standard InChI is InChI=1S/C10H10O/c1-10(2)8-6-4-3-5-7(8)9(10)11/h3-6H,1-2H3. The smallest absolute Gasteiger partial charge is 0.173 e. The SMILES string of the molecule is CC1(C)C(=O)c2ccccc21. The van der Waals surface area contributed by atoms with Crippen LogP contribution < -0.4 is 0 Å². The van der Waals surface area contributed by atoms with E-state index in [1.165, 1.54) is 5.56 Å². The third-order valence-electron chi connectivity index (χ3n) is 2.41. The summed E-state index contributed by atoms with van der Waals surface area (Å²) in [6, 6.07) is 7.80. The van der Waals surface area contributed by atoms with Gasteiger partial charge in [0.25, 0.3) is 0 Å². The molecule has 0 atom stereocenters. The molecule has 0 saturated heterocycles. The van der Waals surface area contributed by atoms with E-state index in [0.717, 1.165) is 5.56 Å². The zero-order valence-corrected chi connectivity index (χ0v) is 6.72. The molecular formula is C10H10O. The molecule has 0 unspecified atom stereocenters. The Balaban J connectivity index is 2.65.